The molecular weight excluding hydrogens is 354 g/mol. The molecule has 140 valence electrons. The van der Waals surface area contributed by atoms with E-state index in [1.165, 1.54) is 0 Å². The molecule has 1 fully saturated rings. The van der Waals surface area contributed by atoms with Gasteiger partial charge in [0.05, 0.1) is 5.92 Å². The Labute approximate surface area is 162 Å². The molecule has 3 rings (SSSR count). The predicted molar refractivity (Wildman–Crippen MR) is 108 cm³/mol. The van der Waals surface area contributed by atoms with Crippen LogP contribution in [0.15, 0.2) is 64.8 Å². The Morgan fingerprint density at radius 2 is 1.54 bits per heavy atom. The minimum atomic E-state index is -0.910. The summed E-state index contributed by atoms with van der Waals surface area (Å²) in [7, 11) is 0. The van der Waals surface area contributed by atoms with Gasteiger partial charge in [0.1, 0.15) is 0 Å². The summed E-state index contributed by atoms with van der Waals surface area (Å²) in [6.07, 6.45) is 3.89. The number of carboxylic acids is 1. The lowest BCUT2D eigenvalue weighted by Gasteiger charge is -2.22. The molecule has 1 atom stereocenters. The normalized spacial score (nSPS) is 19.5. The first-order chi connectivity index (χ1) is 13.5. The zero-order valence-electron chi connectivity index (χ0n) is 15.4. The molecular formula is C22H19N3O3. The molecule has 1 N–H and O–H groups in total. The van der Waals surface area contributed by atoms with E-state index in [9.17, 15) is 14.7 Å². The number of carbonyl (C=O) groups excluding carboxylic acids is 1. The highest BCUT2D eigenvalue weighted by molar-refractivity contribution is 6.14. The van der Waals surface area contributed by atoms with Crippen molar-refractivity contribution in [1.82, 2.24) is 0 Å². The van der Waals surface area contributed by atoms with Gasteiger partial charge in [0.2, 0.25) is 0 Å². The highest BCUT2D eigenvalue weighted by atomic mass is 16.4. The van der Waals surface area contributed by atoms with E-state index in [4.69, 9.17) is 5.53 Å². The van der Waals surface area contributed by atoms with Crippen molar-refractivity contribution in [3.8, 4) is 0 Å². The van der Waals surface area contributed by atoms with E-state index in [-0.39, 0.29) is 18.6 Å². The molecule has 0 radical (unpaired) electrons. The van der Waals surface area contributed by atoms with Crippen LogP contribution in [0, 0.1) is 12.8 Å². The fourth-order valence-corrected chi connectivity index (χ4v) is 3.17. The van der Waals surface area contributed by atoms with Gasteiger partial charge in [-0.1, -0.05) is 59.2 Å². The van der Waals surface area contributed by atoms with Crippen LogP contribution in [0.1, 0.15) is 29.5 Å². The van der Waals surface area contributed by atoms with Crippen LogP contribution in [-0.2, 0) is 9.59 Å². The average Bonchev–Trinajstić information content (AvgIpc) is 2.68. The second-order valence-electron chi connectivity index (χ2n) is 6.80. The summed E-state index contributed by atoms with van der Waals surface area (Å²) in [5.74, 6) is -1.67. The first-order valence-electron chi connectivity index (χ1n) is 8.87. The first-order valence-corrected chi connectivity index (χ1v) is 8.87. The third kappa shape index (κ3) is 4.55. The van der Waals surface area contributed by atoms with E-state index >= 15 is 0 Å². The summed E-state index contributed by atoms with van der Waals surface area (Å²) in [5, 5.41) is 13.0. The van der Waals surface area contributed by atoms with Crippen LogP contribution >= 0.6 is 0 Å². The van der Waals surface area contributed by atoms with Crippen molar-refractivity contribution in [3.63, 3.8) is 0 Å². The van der Waals surface area contributed by atoms with Crippen molar-refractivity contribution < 1.29 is 14.7 Å². The molecule has 1 aliphatic rings. The summed E-state index contributed by atoms with van der Waals surface area (Å²) < 4.78 is 0. The van der Waals surface area contributed by atoms with Crippen molar-refractivity contribution in [2.24, 2.45) is 11.0 Å². The molecule has 2 aromatic carbocycles. The van der Waals surface area contributed by atoms with Crippen LogP contribution in [0.5, 0.6) is 0 Å². The first kappa shape index (κ1) is 19.1. The predicted octanol–water partition coefficient (Wildman–Crippen LogP) is 5.47. The zero-order chi connectivity index (χ0) is 20.1. The van der Waals surface area contributed by atoms with Crippen molar-refractivity contribution >= 4 is 29.6 Å². The van der Waals surface area contributed by atoms with Gasteiger partial charge in [0.25, 0.3) is 0 Å². The topological polar surface area (TPSA) is 103 Å². The molecule has 0 saturated heterocycles. The number of hydrogen-bond acceptors (Lipinski definition) is 3. The molecule has 6 nitrogen and oxygen atoms in total. The van der Waals surface area contributed by atoms with Gasteiger partial charge in [0.15, 0.2) is 5.78 Å². The number of aryl methyl sites for hydroxylation is 1. The molecule has 0 amide bonds. The van der Waals surface area contributed by atoms with E-state index in [1.54, 1.807) is 36.4 Å². The Morgan fingerprint density at radius 3 is 2.00 bits per heavy atom. The van der Waals surface area contributed by atoms with Crippen LogP contribution in [-0.4, -0.2) is 16.9 Å². The molecule has 0 heterocycles. The summed E-state index contributed by atoms with van der Waals surface area (Å²) in [6.45, 7) is 1.98. The summed E-state index contributed by atoms with van der Waals surface area (Å²) in [6, 6.07) is 14.5. The third-order valence-electron chi connectivity index (χ3n) is 4.68. The quantitative estimate of drug-likeness (QED) is 0.333. The zero-order valence-corrected chi connectivity index (χ0v) is 15.4. The Morgan fingerprint density at radius 1 is 1.04 bits per heavy atom. The van der Waals surface area contributed by atoms with E-state index < -0.39 is 11.9 Å². The third-order valence-corrected chi connectivity index (χ3v) is 4.68. The monoisotopic (exact) mass is 373 g/mol. The fourth-order valence-electron chi connectivity index (χ4n) is 3.17. The average molecular weight is 373 g/mol. The van der Waals surface area contributed by atoms with Crippen molar-refractivity contribution in [3.05, 3.63) is 86.8 Å². The van der Waals surface area contributed by atoms with Gasteiger partial charge in [-0.15, -0.1) is 0 Å². The Bertz CT molecular complexity index is 1010. The van der Waals surface area contributed by atoms with E-state index in [2.05, 4.69) is 10.0 Å². The lowest BCUT2D eigenvalue weighted by atomic mass is 9.80. The van der Waals surface area contributed by atoms with Crippen LogP contribution in [0.25, 0.3) is 22.6 Å². The second-order valence-corrected chi connectivity index (χ2v) is 6.80. The van der Waals surface area contributed by atoms with E-state index in [0.717, 1.165) is 16.7 Å². The maximum absolute atomic E-state index is 12.9. The summed E-state index contributed by atoms with van der Waals surface area (Å²) >= 11 is 0. The summed E-state index contributed by atoms with van der Waals surface area (Å²) in [5.41, 5.74) is 12.7. The smallest absolute Gasteiger partial charge is 0.307 e. The Hall–Kier alpha value is -3.63. The van der Waals surface area contributed by atoms with Crippen LogP contribution in [0.4, 0.5) is 5.69 Å². The number of nitrogens with zero attached hydrogens (tertiary/aromatic N) is 3. The Kier molecular flexibility index (Phi) is 5.72. The highest BCUT2D eigenvalue weighted by Gasteiger charge is 2.31. The number of azide groups is 1. The van der Waals surface area contributed by atoms with Crippen LogP contribution in [0.3, 0.4) is 0 Å². The van der Waals surface area contributed by atoms with Crippen molar-refractivity contribution in [2.45, 2.75) is 19.8 Å². The van der Waals surface area contributed by atoms with Crippen LogP contribution < -0.4 is 0 Å². The molecule has 2 aromatic rings. The van der Waals surface area contributed by atoms with Gasteiger partial charge in [0, 0.05) is 21.7 Å². The minimum absolute atomic E-state index is 0.128. The Balaban J connectivity index is 1.95. The number of ketones is 1. The molecule has 0 aromatic heterocycles. The minimum Gasteiger partial charge on any atom is -0.481 e. The number of hydrogen-bond donors (Lipinski definition) is 1. The lowest BCUT2D eigenvalue weighted by molar-refractivity contribution is -0.142. The number of carbonyl (C=O) groups is 2. The second kappa shape index (κ2) is 8.37. The van der Waals surface area contributed by atoms with Crippen molar-refractivity contribution in [2.75, 3.05) is 0 Å². The van der Waals surface area contributed by atoms with Crippen LogP contribution in [0.2, 0.25) is 0 Å². The van der Waals surface area contributed by atoms with Gasteiger partial charge in [-0.3, -0.25) is 9.59 Å². The number of allylic oxidation sites excluding steroid dienone is 2. The SMILES string of the molecule is Cc1ccc(C=C2CC(C(=O)O)CC(=Cc3ccc(N=[N+]=[N-])cc3)C2=O)cc1. The molecule has 0 bridgehead atoms. The molecule has 1 saturated carbocycles. The molecule has 1 unspecified atom stereocenters. The maximum atomic E-state index is 12.9. The maximum Gasteiger partial charge on any atom is 0.307 e. The fraction of sp³-hybridized carbons (Fsp3) is 0.182. The van der Waals surface area contributed by atoms with Gasteiger partial charge in [-0.05, 0) is 48.6 Å². The largest absolute Gasteiger partial charge is 0.481 e. The van der Waals surface area contributed by atoms with Gasteiger partial charge < -0.3 is 5.11 Å². The number of aliphatic carboxylic acids is 1. The summed E-state index contributed by atoms with van der Waals surface area (Å²) in [4.78, 5) is 27.3. The van der Waals surface area contributed by atoms with Gasteiger partial charge in [-0.25, -0.2) is 0 Å². The number of carboxylic acid groups (broad SMARTS) is 1. The molecule has 0 spiro atoms. The number of Topliss-reactive ketones (excluding diaryl/α,β-unsaturated/α-hetero) is 1. The molecule has 1 aliphatic carbocycles. The van der Waals surface area contributed by atoms with Crippen molar-refractivity contribution in [1.29, 1.82) is 0 Å². The van der Waals surface area contributed by atoms with Gasteiger partial charge >= 0.3 is 5.97 Å². The molecule has 0 aliphatic heterocycles. The number of rotatable bonds is 4. The number of benzene rings is 2. The lowest BCUT2D eigenvalue weighted by Crippen LogP contribution is -2.25. The molecule has 6 heteroatoms. The highest BCUT2D eigenvalue weighted by Crippen LogP contribution is 2.33. The van der Waals surface area contributed by atoms with E-state index in [0.29, 0.717) is 16.8 Å². The van der Waals surface area contributed by atoms with E-state index in [1.807, 2.05) is 31.2 Å². The van der Waals surface area contributed by atoms with Gasteiger partial charge in [-0.2, -0.15) is 0 Å². The standard InChI is InChI=1S/C22H19N3O3/c1-14-2-4-15(5-3-14)10-17-12-19(22(27)28)13-18(21(17)26)11-16-6-8-20(9-7-16)24-25-23/h2-11,19H,12-13H2,1H3,(H,27,28). The molecule has 28 heavy (non-hydrogen) atoms.